The van der Waals surface area contributed by atoms with Crippen LogP contribution < -0.4 is 5.32 Å². The summed E-state index contributed by atoms with van der Waals surface area (Å²) in [5, 5.41) is 3.02. The van der Waals surface area contributed by atoms with E-state index in [0.29, 0.717) is 0 Å². The number of hydrogen-bond acceptors (Lipinski definition) is 2. The molecule has 0 aromatic heterocycles. The molecule has 1 N–H and O–H groups in total. The summed E-state index contributed by atoms with van der Waals surface area (Å²) in [6.45, 7) is 1.80. The molecule has 0 radical (unpaired) electrons. The number of benzene rings is 1. The van der Waals surface area contributed by atoms with Crippen LogP contribution in [0.1, 0.15) is 18.4 Å². The zero-order chi connectivity index (χ0) is 13.2. The van der Waals surface area contributed by atoms with Gasteiger partial charge in [0.1, 0.15) is 0 Å². The lowest BCUT2D eigenvalue weighted by molar-refractivity contribution is -0.137. The lowest BCUT2D eigenvalue weighted by Crippen LogP contribution is -2.40. The summed E-state index contributed by atoms with van der Waals surface area (Å²) in [4.78, 5) is 2.14. The Kier molecular flexibility index (Phi) is 3.80. The Morgan fingerprint density at radius 1 is 1.28 bits per heavy atom. The van der Waals surface area contributed by atoms with Gasteiger partial charge in [0.05, 0.1) is 5.56 Å². The minimum Gasteiger partial charge on any atom is -0.381 e. The third-order valence-corrected chi connectivity index (χ3v) is 3.22. The second-order valence-corrected chi connectivity index (χ2v) is 4.79. The minimum absolute atomic E-state index is 0.0900. The Bertz CT molecular complexity index is 403. The maximum absolute atomic E-state index is 12.8. The van der Waals surface area contributed by atoms with E-state index in [1.807, 2.05) is 7.05 Å². The number of halogens is 3. The fourth-order valence-corrected chi connectivity index (χ4v) is 2.36. The molecular weight excluding hydrogens is 241 g/mol. The van der Waals surface area contributed by atoms with Crippen LogP contribution in [0.25, 0.3) is 0 Å². The second-order valence-electron chi connectivity index (χ2n) is 4.79. The van der Waals surface area contributed by atoms with Crippen molar-refractivity contribution in [1.82, 2.24) is 4.90 Å². The number of likely N-dealkylation sites (tertiary alicyclic amines) is 1. The van der Waals surface area contributed by atoms with Gasteiger partial charge in [0.15, 0.2) is 0 Å². The predicted octanol–water partition coefficient (Wildman–Crippen LogP) is 3.21. The molecule has 1 aliphatic heterocycles. The van der Waals surface area contributed by atoms with Crippen molar-refractivity contribution in [2.24, 2.45) is 0 Å². The molecule has 1 saturated heterocycles. The smallest absolute Gasteiger partial charge is 0.381 e. The monoisotopic (exact) mass is 258 g/mol. The number of anilines is 1. The molecule has 2 rings (SSSR count). The molecule has 100 valence electrons. The molecule has 0 spiro atoms. The molecule has 0 saturated carbocycles. The Balaban J connectivity index is 2.13. The van der Waals surface area contributed by atoms with Crippen LogP contribution in [0.3, 0.4) is 0 Å². The van der Waals surface area contributed by atoms with Crippen LogP contribution in [0, 0.1) is 0 Å². The predicted molar refractivity (Wildman–Crippen MR) is 65.6 cm³/mol. The molecule has 2 nitrogen and oxygen atoms in total. The standard InChI is InChI=1S/C13H17F3N2/c1-18-8-4-5-10(9-18)17-12-7-3-2-6-11(12)13(14,15)16/h2-3,6-7,10,17H,4-5,8-9H2,1H3. The zero-order valence-electron chi connectivity index (χ0n) is 10.3. The van der Waals surface area contributed by atoms with E-state index in [9.17, 15) is 13.2 Å². The van der Waals surface area contributed by atoms with Gasteiger partial charge in [-0.2, -0.15) is 13.2 Å². The number of rotatable bonds is 2. The van der Waals surface area contributed by atoms with Gasteiger partial charge in [0.25, 0.3) is 0 Å². The largest absolute Gasteiger partial charge is 0.418 e. The first kappa shape index (κ1) is 13.2. The molecule has 0 bridgehead atoms. The van der Waals surface area contributed by atoms with Crippen molar-refractivity contribution in [1.29, 1.82) is 0 Å². The van der Waals surface area contributed by atoms with E-state index in [-0.39, 0.29) is 11.7 Å². The lowest BCUT2D eigenvalue weighted by Gasteiger charge is -2.31. The van der Waals surface area contributed by atoms with E-state index < -0.39 is 11.7 Å². The molecule has 1 fully saturated rings. The first-order valence-corrected chi connectivity index (χ1v) is 6.08. The van der Waals surface area contributed by atoms with E-state index in [2.05, 4.69) is 10.2 Å². The van der Waals surface area contributed by atoms with Crippen molar-refractivity contribution in [3.63, 3.8) is 0 Å². The van der Waals surface area contributed by atoms with Gasteiger partial charge in [-0.3, -0.25) is 0 Å². The fourth-order valence-electron chi connectivity index (χ4n) is 2.36. The molecule has 1 heterocycles. The molecule has 0 aliphatic carbocycles. The minimum atomic E-state index is -4.30. The van der Waals surface area contributed by atoms with Crippen molar-refractivity contribution in [3.05, 3.63) is 29.8 Å². The van der Waals surface area contributed by atoms with E-state index >= 15 is 0 Å². The number of alkyl halides is 3. The van der Waals surface area contributed by atoms with E-state index in [1.165, 1.54) is 12.1 Å². The number of likely N-dealkylation sites (N-methyl/N-ethyl adjacent to an activating group) is 1. The summed E-state index contributed by atoms with van der Waals surface area (Å²) in [6.07, 6.45) is -2.37. The molecule has 1 unspecified atom stereocenters. The van der Waals surface area contributed by atoms with Crippen LogP contribution >= 0.6 is 0 Å². The first-order chi connectivity index (χ1) is 8.47. The zero-order valence-corrected chi connectivity index (χ0v) is 10.3. The fraction of sp³-hybridized carbons (Fsp3) is 0.538. The van der Waals surface area contributed by atoms with Gasteiger partial charge >= 0.3 is 6.18 Å². The third kappa shape index (κ3) is 3.16. The molecular formula is C13H17F3N2. The van der Waals surface area contributed by atoms with E-state index in [4.69, 9.17) is 0 Å². The van der Waals surface area contributed by atoms with Crippen molar-refractivity contribution in [2.75, 3.05) is 25.5 Å². The number of piperidine rings is 1. The van der Waals surface area contributed by atoms with Crippen LogP contribution in [0.4, 0.5) is 18.9 Å². The van der Waals surface area contributed by atoms with Gasteiger partial charge in [-0.15, -0.1) is 0 Å². The van der Waals surface area contributed by atoms with Crippen LogP contribution in [0.15, 0.2) is 24.3 Å². The van der Waals surface area contributed by atoms with Gasteiger partial charge in [0.2, 0.25) is 0 Å². The van der Waals surface area contributed by atoms with Gasteiger partial charge in [-0.25, -0.2) is 0 Å². The highest BCUT2D eigenvalue weighted by molar-refractivity contribution is 5.53. The number of nitrogens with zero attached hydrogens (tertiary/aromatic N) is 1. The molecule has 1 aliphatic rings. The quantitative estimate of drug-likeness (QED) is 0.876. The maximum Gasteiger partial charge on any atom is 0.418 e. The SMILES string of the molecule is CN1CCCC(Nc2ccccc2C(F)(F)F)C1. The number of hydrogen-bond donors (Lipinski definition) is 1. The highest BCUT2D eigenvalue weighted by Crippen LogP contribution is 2.35. The summed E-state index contributed by atoms with van der Waals surface area (Å²) >= 11 is 0. The molecule has 18 heavy (non-hydrogen) atoms. The van der Waals surface area contributed by atoms with Crippen LogP contribution in [-0.2, 0) is 6.18 Å². The van der Waals surface area contributed by atoms with Crippen molar-refractivity contribution < 1.29 is 13.2 Å². The molecule has 0 amide bonds. The summed E-state index contributed by atoms with van der Waals surface area (Å²) in [7, 11) is 1.99. The Hall–Kier alpha value is -1.23. The van der Waals surface area contributed by atoms with Crippen LogP contribution in [0.2, 0.25) is 0 Å². The van der Waals surface area contributed by atoms with Crippen LogP contribution in [-0.4, -0.2) is 31.1 Å². The van der Waals surface area contributed by atoms with Crippen molar-refractivity contribution in [3.8, 4) is 0 Å². The van der Waals surface area contributed by atoms with E-state index in [1.54, 1.807) is 6.07 Å². The Labute approximate surface area is 105 Å². The Morgan fingerprint density at radius 3 is 2.67 bits per heavy atom. The summed E-state index contributed by atoms with van der Waals surface area (Å²) in [5.41, 5.74) is -0.400. The third-order valence-electron chi connectivity index (χ3n) is 3.22. The molecule has 1 atom stereocenters. The van der Waals surface area contributed by atoms with E-state index in [0.717, 1.165) is 32.0 Å². The molecule has 1 aromatic carbocycles. The lowest BCUT2D eigenvalue weighted by atomic mass is 10.0. The van der Waals surface area contributed by atoms with Gasteiger partial charge in [-0.05, 0) is 38.6 Å². The Morgan fingerprint density at radius 2 is 2.00 bits per heavy atom. The van der Waals surface area contributed by atoms with Gasteiger partial charge in [-0.1, -0.05) is 12.1 Å². The first-order valence-electron chi connectivity index (χ1n) is 6.08. The average molecular weight is 258 g/mol. The van der Waals surface area contributed by atoms with Crippen molar-refractivity contribution >= 4 is 5.69 Å². The molecule has 1 aromatic rings. The van der Waals surface area contributed by atoms with Crippen LogP contribution in [0.5, 0.6) is 0 Å². The maximum atomic E-state index is 12.8. The number of nitrogens with one attached hydrogen (secondary N) is 1. The van der Waals surface area contributed by atoms with Gasteiger partial charge < -0.3 is 10.2 Å². The number of para-hydroxylation sites is 1. The summed E-state index contributed by atoms with van der Waals surface area (Å²) in [5.74, 6) is 0. The van der Waals surface area contributed by atoms with Gasteiger partial charge in [0, 0.05) is 18.3 Å². The highest BCUT2D eigenvalue weighted by atomic mass is 19.4. The average Bonchev–Trinajstić information content (AvgIpc) is 2.28. The highest BCUT2D eigenvalue weighted by Gasteiger charge is 2.33. The molecule has 5 heteroatoms. The summed E-state index contributed by atoms with van der Waals surface area (Å²) < 4.78 is 38.5. The summed E-state index contributed by atoms with van der Waals surface area (Å²) in [6, 6.07) is 5.75. The normalized spacial score (nSPS) is 21.9. The topological polar surface area (TPSA) is 15.3 Å². The van der Waals surface area contributed by atoms with Crippen molar-refractivity contribution in [2.45, 2.75) is 25.1 Å². The second kappa shape index (κ2) is 5.18.